The van der Waals surface area contributed by atoms with Gasteiger partial charge in [-0.15, -0.1) is 0 Å². The molecule has 0 atom stereocenters. The molecule has 108 valence electrons. The van der Waals surface area contributed by atoms with E-state index >= 15 is 0 Å². The Kier molecular flexibility index (Phi) is 21.8. The van der Waals surface area contributed by atoms with Crippen molar-refractivity contribution in [1.29, 1.82) is 0 Å². The molecule has 0 saturated carbocycles. The molecule has 0 saturated heterocycles. The summed E-state index contributed by atoms with van der Waals surface area (Å²) in [5.41, 5.74) is 0. The summed E-state index contributed by atoms with van der Waals surface area (Å²) in [5.74, 6) is 0.624. The van der Waals surface area contributed by atoms with Crippen LogP contribution in [0.25, 0.3) is 0 Å². The van der Waals surface area contributed by atoms with Crippen LogP contribution in [0, 0.1) is 25.8 Å². The van der Waals surface area contributed by atoms with Gasteiger partial charge in [0.1, 0.15) is 11.6 Å². The molecule has 1 rings (SSSR count). The number of methoxy groups -OCH3 is 1. The van der Waals surface area contributed by atoms with Gasteiger partial charge in [-0.1, -0.05) is 19.6 Å². The number of ether oxygens (including phenoxy) is 1. The molecule has 7 heteroatoms. The Bertz CT molecular complexity index is 410. The topological polar surface area (TPSA) is 68.9 Å². The second kappa shape index (κ2) is 16.0. The van der Waals surface area contributed by atoms with Crippen molar-refractivity contribution < 1.29 is 40.4 Å². The zero-order chi connectivity index (χ0) is 16.1. The first kappa shape index (κ1) is 27.3. The van der Waals surface area contributed by atoms with Gasteiger partial charge in [0.15, 0.2) is 0 Å². The van der Waals surface area contributed by atoms with Crippen LogP contribution >= 0.6 is 0 Å². The number of halogens is 1. The first-order chi connectivity index (χ1) is 8.95. The molecule has 0 aliphatic heterocycles. The van der Waals surface area contributed by atoms with Crippen LogP contribution in [0.5, 0.6) is 5.75 Å². The zero-order valence-electron chi connectivity index (χ0n) is 11.7. The van der Waals surface area contributed by atoms with Crippen molar-refractivity contribution in [1.82, 2.24) is 0 Å². The Morgan fingerprint density at radius 3 is 1.70 bits per heavy atom. The average Bonchev–Trinajstić information content (AvgIpc) is 2.45. The number of benzene rings is 1. The van der Waals surface area contributed by atoms with Gasteiger partial charge in [-0.2, -0.15) is 0 Å². The van der Waals surface area contributed by atoms with E-state index < -0.39 is 8.07 Å². The van der Waals surface area contributed by atoms with Gasteiger partial charge in [-0.25, -0.2) is 4.39 Å². The Balaban J connectivity index is -0.000000162. The molecule has 0 aliphatic carbocycles. The number of rotatable bonds is 2. The zero-order valence-corrected chi connectivity index (χ0v) is 13.9. The van der Waals surface area contributed by atoms with E-state index in [4.69, 9.17) is 18.7 Å². The minimum absolute atomic E-state index is 0. The molecule has 4 nitrogen and oxygen atoms in total. The molecule has 0 heterocycles. The SMILES string of the molecule is COc1ccc(F)c([Si](C)(C)C)c1.[C-]#[O+].[C-]#[O+].[C-]#[O+].[Cr]. The van der Waals surface area contributed by atoms with Crippen LogP contribution in [-0.4, -0.2) is 15.2 Å². The Hall–Kier alpha value is -1.08. The Morgan fingerprint density at radius 1 is 1.00 bits per heavy atom. The van der Waals surface area contributed by atoms with E-state index in [0.717, 1.165) is 10.9 Å². The molecule has 0 unspecified atom stereocenters. The van der Waals surface area contributed by atoms with Crippen LogP contribution in [0.4, 0.5) is 4.39 Å². The van der Waals surface area contributed by atoms with Gasteiger partial charge in [0.05, 0.1) is 15.2 Å². The molecule has 20 heavy (non-hydrogen) atoms. The summed E-state index contributed by atoms with van der Waals surface area (Å²) in [6, 6.07) is 4.94. The van der Waals surface area contributed by atoms with Gasteiger partial charge in [0, 0.05) is 17.4 Å². The van der Waals surface area contributed by atoms with Gasteiger partial charge in [0.2, 0.25) is 0 Å². The second-order valence-electron chi connectivity index (χ2n) is 4.10. The second-order valence-corrected chi connectivity index (χ2v) is 9.13. The van der Waals surface area contributed by atoms with E-state index in [9.17, 15) is 4.39 Å². The van der Waals surface area contributed by atoms with Crippen molar-refractivity contribution in [2.75, 3.05) is 7.11 Å². The van der Waals surface area contributed by atoms with Gasteiger partial charge >= 0.3 is 33.9 Å². The van der Waals surface area contributed by atoms with Crippen molar-refractivity contribution in [2.24, 2.45) is 0 Å². The summed E-state index contributed by atoms with van der Waals surface area (Å²) in [4.78, 5) is 0. The predicted molar refractivity (Wildman–Crippen MR) is 67.7 cm³/mol. The maximum Gasteiger partial charge on any atom is 0 e. The molecule has 0 radical (unpaired) electrons. The molecule has 0 aliphatic rings. The quantitative estimate of drug-likeness (QED) is 0.465. The van der Waals surface area contributed by atoms with Crippen LogP contribution < -0.4 is 9.92 Å². The molecular formula is C13H15CrFO4Si. The minimum Gasteiger partial charge on any atom is 0 e. The van der Waals surface area contributed by atoms with Crippen LogP contribution in [-0.2, 0) is 31.3 Å². The van der Waals surface area contributed by atoms with Crippen molar-refractivity contribution in [2.45, 2.75) is 19.6 Å². The monoisotopic (exact) mass is 334 g/mol. The minimum atomic E-state index is -1.58. The van der Waals surface area contributed by atoms with E-state index in [1.807, 2.05) is 6.07 Å². The molecule has 1 aromatic rings. The third-order valence-electron chi connectivity index (χ3n) is 1.98. The molecule has 0 N–H and O–H groups in total. The standard InChI is InChI=1S/C10H15FOSi.3CO.Cr/c1-12-8-5-6-9(11)10(7-8)13(2,3)4;3*1-2;/h5-7H,1-4H3;;;;. The van der Waals surface area contributed by atoms with Crippen molar-refractivity contribution in [3.63, 3.8) is 0 Å². The van der Waals surface area contributed by atoms with Gasteiger partial charge in [0.25, 0.3) is 0 Å². The fourth-order valence-electron chi connectivity index (χ4n) is 1.21. The molecule has 0 spiro atoms. The molecular weight excluding hydrogens is 319 g/mol. The summed E-state index contributed by atoms with van der Waals surface area (Å²) in [6.45, 7) is 19.8. The number of hydrogen-bond donors (Lipinski definition) is 0. The average molecular weight is 334 g/mol. The summed E-state index contributed by atoms with van der Waals surface area (Å²) in [6.07, 6.45) is 0. The van der Waals surface area contributed by atoms with Crippen LogP contribution in [0.3, 0.4) is 0 Å². The smallest absolute Gasteiger partial charge is 0 e. The van der Waals surface area contributed by atoms with Crippen LogP contribution in [0.1, 0.15) is 0 Å². The predicted octanol–water partition coefficient (Wildman–Crippen LogP) is 2.26. The van der Waals surface area contributed by atoms with Crippen molar-refractivity contribution >= 4 is 13.3 Å². The number of hydrogen-bond acceptors (Lipinski definition) is 1. The Labute approximate surface area is 130 Å². The normalized spacial score (nSPS) is 7.75. The first-order valence-corrected chi connectivity index (χ1v) is 8.40. The van der Waals surface area contributed by atoms with Gasteiger partial charge in [-0.3, -0.25) is 0 Å². The third kappa shape index (κ3) is 10.8. The first-order valence-electron chi connectivity index (χ1n) is 4.90. The van der Waals surface area contributed by atoms with E-state index in [1.54, 1.807) is 13.2 Å². The van der Waals surface area contributed by atoms with E-state index in [-0.39, 0.29) is 23.2 Å². The largest absolute Gasteiger partial charge is 0 e. The van der Waals surface area contributed by atoms with Gasteiger partial charge in [-0.05, 0) is 23.4 Å². The summed E-state index contributed by atoms with van der Waals surface area (Å²) in [7, 11) is 0.0179. The van der Waals surface area contributed by atoms with E-state index in [1.165, 1.54) is 6.07 Å². The molecule has 0 aromatic heterocycles. The summed E-state index contributed by atoms with van der Waals surface area (Å²) in [5, 5.41) is 0.826. The maximum absolute atomic E-state index is 13.4. The Morgan fingerprint density at radius 2 is 1.40 bits per heavy atom. The van der Waals surface area contributed by atoms with Crippen molar-refractivity contribution in [3.8, 4) is 5.75 Å². The van der Waals surface area contributed by atoms with Crippen LogP contribution in [0.15, 0.2) is 18.2 Å². The van der Waals surface area contributed by atoms with E-state index in [0.29, 0.717) is 0 Å². The van der Waals surface area contributed by atoms with Gasteiger partial charge < -0.3 is 4.74 Å². The van der Waals surface area contributed by atoms with E-state index in [2.05, 4.69) is 39.6 Å². The van der Waals surface area contributed by atoms with Crippen LogP contribution in [0.2, 0.25) is 19.6 Å². The fourth-order valence-corrected chi connectivity index (χ4v) is 2.58. The third-order valence-corrected chi connectivity index (χ3v) is 3.98. The molecule has 0 bridgehead atoms. The fraction of sp³-hybridized carbons (Fsp3) is 0.308. The maximum atomic E-state index is 13.4. The summed E-state index contributed by atoms with van der Waals surface area (Å²) < 4.78 is 40.9. The molecule has 1 aromatic carbocycles. The van der Waals surface area contributed by atoms with Crippen molar-refractivity contribution in [3.05, 3.63) is 44.0 Å². The summed E-state index contributed by atoms with van der Waals surface area (Å²) >= 11 is 0. The molecule has 0 fully saturated rings. The molecule has 0 amide bonds.